The highest BCUT2D eigenvalue weighted by Crippen LogP contribution is 1.94. The summed E-state index contributed by atoms with van der Waals surface area (Å²) in [6.45, 7) is 26.0. The first-order chi connectivity index (χ1) is 17.9. The third-order valence-electron chi connectivity index (χ3n) is 2.44. The summed E-state index contributed by atoms with van der Waals surface area (Å²) in [5.41, 5.74) is 0. The Morgan fingerprint density at radius 2 is 0.526 bits per heavy atom. The zero-order chi connectivity index (χ0) is 29.9. The Kier molecular flexibility index (Phi) is 43.2. The van der Waals surface area contributed by atoms with E-state index in [1.807, 2.05) is 36.4 Å². The van der Waals surface area contributed by atoms with Crippen LogP contribution in [0.4, 0.5) is 0 Å². The minimum Gasteiger partial charge on any atom is -0.265 e. The number of nitrogens with zero attached hydrogens (tertiary/aromatic N) is 2. The van der Waals surface area contributed by atoms with E-state index in [9.17, 15) is 0 Å². The van der Waals surface area contributed by atoms with Gasteiger partial charge >= 0.3 is 0 Å². The lowest BCUT2D eigenvalue weighted by Gasteiger charge is -1.79. The van der Waals surface area contributed by atoms with Crippen LogP contribution in [0.5, 0.6) is 0 Å². The third-order valence-corrected chi connectivity index (χ3v) is 2.44. The summed E-state index contributed by atoms with van der Waals surface area (Å²) in [5.74, 6) is 3.33. The lowest BCUT2D eigenvalue weighted by atomic mass is 10.3. The second kappa shape index (κ2) is 38.8. The molecule has 38 heavy (non-hydrogen) atoms. The van der Waals surface area contributed by atoms with Gasteiger partial charge in [-0.15, -0.1) is 0 Å². The Morgan fingerprint density at radius 3 is 0.579 bits per heavy atom. The first-order valence-electron chi connectivity index (χ1n) is 14.3. The lowest BCUT2D eigenvalue weighted by Crippen LogP contribution is -1.66. The van der Waals surface area contributed by atoms with Crippen LogP contribution in [0.25, 0.3) is 0 Å². The van der Waals surface area contributed by atoms with Crippen molar-refractivity contribution in [1.82, 2.24) is 9.97 Å². The second-order valence-corrected chi connectivity index (χ2v) is 11.2. The molecule has 2 heteroatoms. The standard InChI is InChI=1S/2C5H5N.2C5H6.4C4H10/c2*1-2-4-6-5-3-1;2*1-2-4-5-3-1;4*1-4(2)3/h2*1-5H;2*1-4H,5H2;4*4H,1-3H3. The van der Waals surface area contributed by atoms with E-state index in [4.69, 9.17) is 0 Å². The fourth-order valence-electron chi connectivity index (χ4n) is 1.41. The van der Waals surface area contributed by atoms with Crippen molar-refractivity contribution in [3.8, 4) is 0 Å². The molecule has 0 aromatic carbocycles. The molecule has 0 N–H and O–H groups in total. The van der Waals surface area contributed by atoms with Gasteiger partial charge in [0.05, 0.1) is 0 Å². The van der Waals surface area contributed by atoms with Gasteiger partial charge < -0.3 is 0 Å². The highest BCUT2D eigenvalue weighted by Gasteiger charge is 1.73. The number of rotatable bonds is 0. The summed E-state index contributed by atoms with van der Waals surface area (Å²) in [6.07, 6.45) is 26.0. The molecule has 0 atom stereocenters. The van der Waals surface area contributed by atoms with Crippen LogP contribution in [0.2, 0.25) is 0 Å². The summed E-state index contributed by atoms with van der Waals surface area (Å²) < 4.78 is 0. The fraction of sp³-hybridized carbons (Fsp3) is 0.500. The summed E-state index contributed by atoms with van der Waals surface area (Å²) in [5, 5.41) is 0. The van der Waals surface area contributed by atoms with Crippen molar-refractivity contribution in [2.24, 2.45) is 23.7 Å². The molecule has 0 bridgehead atoms. The monoisotopic (exact) mass is 522 g/mol. The van der Waals surface area contributed by atoms with Gasteiger partial charge in [0.15, 0.2) is 0 Å². The molecule has 0 saturated carbocycles. The van der Waals surface area contributed by atoms with Crippen molar-refractivity contribution in [1.29, 1.82) is 0 Å². The van der Waals surface area contributed by atoms with E-state index in [0.29, 0.717) is 0 Å². The minimum atomic E-state index is 0.833. The summed E-state index contributed by atoms with van der Waals surface area (Å²) in [6, 6.07) is 11.4. The number of aromatic nitrogens is 2. The van der Waals surface area contributed by atoms with Crippen LogP contribution < -0.4 is 0 Å². The first kappa shape index (κ1) is 42.4. The first-order valence-corrected chi connectivity index (χ1v) is 14.3. The zero-order valence-corrected chi connectivity index (χ0v) is 27.0. The summed E-state index contributed by atoms with van der Waals surface area (Å²) in [7, 11) is 0. The van der Waals surface area contributed by atoms with Gasteiger partial charge in [0.2, 0.25) is 0 Å². The lowest BCUT2D eigenvalue weighted by molar-refractivity contribution is 0.736. The highest BCUT2D eigenvalue weighted by atomic mass is 14.6. The minimum absolute atomic E-state index is 0.833. The predicted octanol–water partition coefficient (Wildman–Crippen LogP) is 11.8. The molecule has 0 saturated heterocycles. The Bertz CT molecular complexity index is 563. The van der Waals surface area contributed by atoms with Gasteiger partial charge in [-0.1, -0.05) is 144 Å². The maximum atomic E-state index is 3.78. The normalized spacial score (nSPS) is 10.9. The molecule has 2 nitrogen and oxygen atoms in total. The van der Waals surface area contributed by atoms with Crippen LogP contribution in [0.15, 0.2) is 110 Å². The number of pyridine rings is 2. The molecular formula is C36H62N2. The third kappa shape index (κ3) is 93.3. The van der Waals surface area contributed by atoms with Crippen LogP contribution in [0.1, 0.15) is 95.9 Å². The summed E-state index contributed by atoms with van der Waals surface area (Å²) >= 11 is 0. The largest absolute Gasteiger partial charge is 0.265 e. The van der Waals surface area contributed by atoms with Gasteiger partial charge in [-0.2, -0.15) is 0 Å². The van der Waals surface area contributed by atoms with Crippen LogP contribution in [-0.2, 0) is 0 Å². The maximum absolute atomic E-state index is 3.78. The quantitative estimate of drug-likeness (QED) is 0.344. The van der Waals surface area contributed by atoms with Gasteiger partial charge in [0.1, 0.15) is 0 Å². The molecule has 0 aliphatic heterocycles. The van der Waals surface area contributed by atoms with Crippen LogP contribution in [0, 0.1) is 23.7 Å². The van der Waals surface area contributed by atoms with E-state index in [-0.39, 0.29) is 0 Å². The van der Waals surface area contributed by atoms with Gasteiger partial charge in [-0.05, 0) is 60.8 Å². The van der Waals surface area contributed by atoms with Crippen molar-refractivity contribution in [2.75, 3.05) is 0 Å². The molecule has 2 heterocycles. The molecule has 0 fully saturated rings. The molecule has 2 aromatic heterocycles. The number of hydrogen-bond acceptors (Lipinski definition) is 2. The van der Waals surface area contributed by atoms with Crippen molar-refractivity contribution < 1.29 is 0 Å². The molecule has 0 spiro atoms. The zero-order valence-electron chi connectivity index (χ0n) is 27.0. The molecule has 0 amide bonds. The second-order valence-electron chi connectivity index (χ2n) is 11.2. The van der Waals surface area contributed by atoms with Gasteiger partial charge in [0.25, 0.3) is 0 Å². The Morgan fingerprint density at radius 1 is 0.342 bits per heavy atom. The van der Waals surface area contributed by atoms with Gasteiger partial charge in [0, 0.05) is 24.8 Å². The molecule has 0 unspecified atom stereocenters. The molecule has 2 aromatic rings. The summed E-state index contributed by atoms with van der Waals surface area (Å²) in [4.78, 5) is 7.57. The van der Waals surface area contributed by atoms with Crippen molar-refractivity contribution in [2.45, 2.75) is 95.9 Å². The number of allylic oxidation sites excluding steroid dienone is 8. The molecule has 0 radical (unpaired) electrons. The molecule has 2 aliphatic carbocycles. The van der Waals surface area contributed by atoms with Crippen molar-refractivity contribution in [3.05, 3.63) is 110 Å². The van der Waals surface area contributed by atoms with Gasteiger partial charge in [-0.25, -0.2) is 0 Å². The average molecular weight is 523 g/mol. The Balaban J connectivity index is -0.000000175. The van der Waals surface area contributed by atoms with E-state index in [2.05, 4.69) is 142 Å². The number of hydrogen-bond donors (Lipinski definition) is 0. The van der Waals surface area contributed by atoms with E-state index in [0.717, 1.165) is 36.5 Å². The van der Waals surface area contributed by atoms with E-state index >= 15 is 0 Å². The average Bonchev–Trinajstić information content (AvgIpc) is 3.60. The van der Waals surface area contributed by atoms with E-state index in [1.165, 1.54) is 0 Å². The van der Waals surface area contributed by atoms with Crippen molar-refractivity contribution in [3.63, 3.8) is 0 Å². The molecular weight excluding hydrogens is 460 g/mol. The Labute approximate surface area is 239 Å². The van der Waals surface area contributed by atoms with Crippen LogP contribution >= 0.6 is 0 Å². The SMILES string of the molecule is C1=CCC=C1.C1=CCC=C1.CC(C)C.CC(C)C.CC(C)C.CC(C)C.c1ccncc1.c1ccncc1. The fourth-order valence-corrected chi connectivity index (χ4v) is 1.41. The molecule has 4 rings (SSSR count). The van der Waals surface area contributed by atoms with Crippen molar-refractivity contribution >= 4 is 0 Å². The molecule has 216 valence electrons. The van der Waals surface area contributed by atoms with Crippen LogP contribution in [-0.4, -0.2) is 9.97 Å². The topological polar surface area (TPSA) is 25.8 Å². The smallest absolute Gasteiger partial charge is 0.0267 e. The van der Waals surface area contributed by atoms with Crippen LogP contribution in [0.3, 0.4) is 0 Å². The van der Waals surface area contributed by atoms with Gasteiger partial charge in [-0.3, -0.25) is 9.97 Å². The predicted molar refractivity (Wildman–Crippen MR) is 176 cm³/mol. The van der Waals surface area contributed by atoms with E-state index < -0.39 is 0 Å². The highest BCUT2D eigenvalue weighted by molar-refractivity contribution is 5.12. The Hall–Kier alpha value is -2.74. The maximum Gasteiger partial charge on any atom is 0.0267 e. The van der Waals surface area contributed by atoms with E-state index in [1.54, 1.807) is 24.8 Å². The molecule has 2 aliphatic rings.